The second-order valence-electron chi connectivity index (χ2n) is 4.68. The Hall–Kier alpha value is -3.06. The second kappa shape index (κ2) is 7.09. The number of nitrogens with zero attached hydrogens (tertiary/aromatic N) is 1. The quantitative estimate of drug-likeness (QED) is 0.745. The van der Waals surface area contributed by atoms with Crippen LogP contribution in [0.1, 0.15) is 18.2 Å². The highest BCUT2D eigenvalue weighted by atomic mass is 16.5. The summed E-state index contributed by atoms with van der Waals surface area (Å²) < 4.78 is 9.99. The number of ether oxygens (including phenoxy) is 1. The zero-order valence-corrected chi connectivity index (χ0v) is 12.4. The number of furan rings is 1. The molecule has 1 aliphatic rings. The molecule has 0 N–H and O–H groups in total. The van der Waals surface area contributed by atoms with Gasteiger partial charge in [-0.3, -0.25) is 0 Å². The normalized spacial score (nSPS) is 15.1. The van der Waals surface area contributed by atoms with E-state index >= 15 is 0 Å². The van der Waals surface area contributed by atoms with Crippen molar-refractivity contribution >= 4 is 12.0 Å². The molecule has 0 spiro atoms. The van der Waals surface area contributed by atoms with E-state index in [0.717, 1.165) is 0 Å². The Morgan fingerprint density at radius 3 is 2.27 bits per heavy atom. The third kappa shape index (κ3) is 3.74. The van der Waals surface area contributed by atoms with Gasteiger partial charge in [-0.15, -0.1) is 0 Å². The molecule has 0 aliphatic carbocycles. The van der Waals surface area contributed by atoms with Gasteiger partial charge in [-0.1, -0.05) is 35.9 Å². The van der Waals surface area contributed by atoms with Crippen LogP contribution in [0, 0.1) is 18.3 Å². The number of cyclic esters (lactones) is 1. The average Bonchev–Trinajstić information content (AvgIpc) is 3.10. The van der Waals surface area contributed by atoms with Crippen molar-refractivity contribution in [2.45, 2.75) is 13.8 Å². The lowest BCUT2D eigenvalue weighted by Gasteiger charge is -1.96. The third-order valence-corrected chi connectivity index (χ3v) is 3.02. The van der Waals surface area contributed by atoms with Gasteiger partial charge in [0.15, 0.2) is 0 Å². The van der Waals surface area contributed by atoms with Crippen molar-refractivity contribution in [1.82, 2.24) is 0 Å². The molecule has 0 unspecified atom stereocenters. The maximum atomic E-state index is 11.2. The lowest BCUT2D eigenvalue weighted by Crippen LogP contribution is -1.96. The van der Waals surface area contributed by atoms with E-state index < -0.39 is 5.97 Å². The smallest absolute Gasteiger partial charge is 0.354 e. The van der Waals surface area contributed by atoms with Crippen LogP contribution in [-0.2, 0) is 9.53 Å². The van der Waals surface area contributed by atoms with E-state index in [1.54, 1.807) is 31.2 Å². The third-order valence-electron chi connectivity index (χ3n) is 3.02. The highest BCUT2D eigenvalue weighted by molar-refractivity contribution is 5.99. The maximum absolute atomic E-state index is 11.2. The summed E-state index contributed by atoms with van der Waals surface area (Å²) in [6, 6.07) is 15.5. The minimum absolute atomic E-state index is 0.0489. The number of benzene rings is 1. The Balaban J connectivity index is 0.000000211. The van der Waals surface area contributed by atoms with Crippen molar-refractivity contribution in [3.8, 4) is 6.07 Å². The maximum Gasteiger partial charge on any atom is 0.354 e. The molecule has 4 heteroatoms. The number of nitriles is 1. The SMILES string of the molecule is CC1=C(C#N)C(=O)OC1=Cc1ccco1.Cc1ccccc1. The van der Waals surface area contributed by atoms with Gasteiger partial charge >= 0.3 is 5.97 Å². The van der Waals surface area contributed by atoms with Crippen LogP contribution in [-0.4, -0.2) is 5.97 Å². The Morgan fingerprint density at radius 1 is 1.09 bits per heavy atom. The van der Waals surface area contributed by atoms with E-state index in [0.29, 0.717) is 17.1 Å². The number of hydrogen-bond donors (Lipinski definition) is 0. The number of carbonyl (C=O) groups excluding carboxylic acids is 1. The van der Waals surface area contributed by atoms with Crippen molar-refractivity contribution in [1.29, 1.82) is 5.26 Å². The van der Waals surface area contributed by atoms with Crippen LogP contribution in [0.15, 0.2) is 70.1 Å². The average molecular weight is 293 g/mol. The van der Waals surface area contributed by atoms with Gasteiger partial charge in [0, 0.05) is 11.6 Å². The molecule has 0 bridgehead atoms. The van der Waals surface area contributed by atoms with Crippen LogP contribution in [0.5, 0.6) is 0 Å². The highest BCUT2D eigenvalue weighted by Gasteiger charge is 2.26. The largest absolute Gasteiger partial charge is 0.465 e. The van der Waals surface area contributed by atoms with Gasteiger partial charge in [-0.2, -0.15) is 5.26 Å². The fourth-order valence-electron chi connectivity index (χ4n) is 1.81. The van der Waals surface area contributed by atoms with Crippen molar-refractivity contribution in [3.63, 3.8) is 0 Å². The monoisotopic (exact) mass is 293 g/mol. The fraction of sp³-hybridized carbons (Fsp3) is 0.111. The Labute approximate surface area is 128 Å². The first-order valence-corrected chi connectivity index (χ1v) is 6.72. The van der Waals surface area contributed by atoms with Gasteiger partial charge in [0.25, 0.3) is 0 Å². The number of hydrogen-bond acceptors (Lipinski definition) is 4. The molecule has 22 heavy (non-hydrogen) atoms. The minimum Gasteiger partial charge on any atom is -0.465 e. The summed E-state index contributed by atoms with van der Waals surface area (Å²) >= 11 is 0. The van der Waals surface area contributed by atoms with E-state index in [1.807, 2.05) is 18.2 Å². The molecule has 1 aromatic heterocycles. The summed E-state index contributed by atoms with van der Waals surface area (Å²) in [4.78, 5) is 11.2. The number of allylic oxidation sites excluding steroid dienone is 1. The molecular formula is C18H15NO3. The summed E-state index contributed by atoms with van der Waals surface area (Å²) in [7, 11) is 0. The van der Waals surface area contributed by atoms with Gasteiger partial charge in [-0.05, 0) is 26.0 Å². The molecule has 1 aromatic carbocycles. The van der Waals surface area contributed by atoms with Crippen LogP contribution in [0.3, 0.4) is 0 Å². The molecule has 0 radical (unpaired) electrons. The number of aryl methyl sites for hydroxylation is 1. The molecule has 0 fully saturated rings. The van der Waals surface area contributed by atoms with Crippen molar-refractivity contribution in [2.24, 2.45) is 0 Å². The molecule has 2 aromatic rings. The molecule has 0 atom stereocenters. The van der Waals surface area contributed by atoms with Crippen molar-refractivity contribution in [3.05, 3.63) is 77.0 Å². The highest BCUT2D eigenvalue weighted by Crippen LogP contribution is 2.27. The molecule has 110 valence electrons. The van der Waals surface area contributed by atoms with Crippen LogP contribution < -0.4 is 0 Å². The van der Waals surface area contributed by atoms with E-state index in [4.69, 9.17) is 14.4 Å². The number of carbonyl (C=O) groups is 1. The van der Waals surface area contributed by atoms with E-state index in [1.165, 1.54) is 11.8 Å². The van der Waals surface area contributed by atoms with Crippen LogP contribution in [0.4, 0.5) is 0 Å². The molecule has 0 amide bonds. The summed E-state index contributed by atoms with van der Waals surface area (Å²) in [5, 5.41) is 8.69. The summed E-state index contributed by atoms with van der Waals surface area (Å²) in [5.41, 5.74) is 1.91. The first kappa shape index (κ1) is 15.3. The number of esters is 1. The van der Waals surface area contributed by atoms with Crippen LogP contribution >= 0.6 is 0 Å². The summed E-state index contributed by atoms with van der Waals surface area (Å²) in [6.45, 7) is 3.75. The zero-order valence-electron chi connectivity index (χ0n) is 12.4. The second-order valence-corrected chi connectivity index (χ2v) is 4.68. The molecule has 1 aliphatic heterocycles. The Kier molecular flexibility index (Phi) is 4.94. The lowest BCUT2D eigenvalue weighted by molar-refractivity contribution is -0.132. The molecule has 0 saturated carbocycles. The standard InChI is InChI=1S/C11H7NO3.C7H8/c1-7-9(6-12)11(13)15-10(7)5-8-3-2-4-14-8;1-7-5-3-2-4-6-7/h2-5H,1H3;2-6H,1H3. The number of rotatable bonds is 1. The zero-order chi connectivity index (χ0) is 15.9. The molecule has 0 saturated heterocycles. The van der Waals surface area contributed by atoms with Gasteiger partial charge < -0.3 is 9.15 Å². The first-order valence-electron chi connectivity index (χ1n) is 6.72. The van der Waals surface area contributed by atoms with Crippen molar-refractivity contribution < 1.29 is 13.9 Å². The van der Waals surface area contributed by atoms with E-state index in [2.05, 4.69) is 19.1 Å². The van der Waals surface area contributed by atoms with Gasteiger partial charge in [-0.25, -0.2) is 4.79 Å². The minimum atomic E-state index is -0.604. The summed E-state index contributed by atoms with van der Waals surface area (Å²) in [5.74, 6) is 0.343. The van der Waals surface area contributed by atoms with Crippen LogP contribution in [0.2, 0.25) is 0 Å². The Morgan fingerprint density at radius 2 is 1.82 bits per heavy atom. The predicted octanol–water partition coefficient (Wildman–Crippen LogP) is 4.01. The Bertz CT molecular complexity index is 747. The van der Waals surface area contributed by atoms with E-state index in [9.17, 15) is 4.79 Å². The molecule has 3 rings (SSSR count). The topological polar surface area (TPSA) is 63.2 Å². The molecular weight excluding hydrogens is 278 g/mol. The van der Waals surface area contributed by atoms with Crippen molar-refractivity contribution in [2.75, 3.05) is 0 Å². The molecule has 2 heterocycles. The first-order chi connectivity index (χ1) is 10.6. The van der Waals surface area contributed by atoms with E-state index in [-0.39, 0.29) is 5.57 Å². The van der Waals surface area contributed by atoms with Gasteiger partial charge in [0.1, 0.15) is 23.2 Å². The van der Waals surface area contributed by atoms with Gasteiger partial charge in [0.05, 0.1) is 6.26 Å². The fourth-order valence-corrected chi connectivity index (χ4v) is 1.81. The predicted molar refractivity (Wildman–Crippen MR) is 82.3 cm³/mol. The lowest BCUT2D eigenvalue weighted by atomic mass is 10.1. The van der Waals surface area contributed by atoms with Crippen LogP contribution in [0.25, 0.3) is 6.08 Å². The summed E-state index contributed by atoms with van der Waals surface area (Å²) in [6.07, 6.45) is 3.10. The molecule has 4 nitrogen and oxygen atoms in total. The van der Waals surface area contributed by atoms with Gasteiger partial charge in [0.2, 0.25) is 0 Å².